The molecule has 1 aliphatic carbocycles. The van der Waals surface area contributed by atoms with Gasteiger partial charge in [-0.1, -0.05) is 36.4 Å². The van der Waals surface area contributed by atoms with Crippen LogP contribution in [0.4, 0.5) is 11.5 Å². The zero-order chi connectivity index (χ0) is 26.4. The smallest absolute Gasteiger partial charge is 0.319 e. The third kappa shape index (κ3) is 4.58. The van der Waals surface area contributed by atoms with Crippen molar-refractivity contribution in [2.75, 3.05) is 49.6 Å². The van der Waals surface area contributed by atoms with E-state index >= 15 is 0 Å². The molecule has 0 bridgehead atoms. The fourth-order valence-corrected chi connectivity index (χ4v) is 7.03. The molecule has 3 aliphatic heterocycles. The van der Waals surface area contributed by atoms with Crippen LogP contribution in [-0.2, 0) is 13.0 Å². The second-order valence-electron chi connectivity index (χ2n) is 11.7. The number of ether oxygens (including phenoxy) is 1. The molecule has 1 N–H and O–H groups in total. The van der Waals surface area contributed by atoms with Crippen LogP contribution in [0.2, 0.25) is 0 Å². The number of hydrogen-bond acceptors (Lipinski definition) is 8. The third-order valence-electron chi connectivity index (χ3n) is 9.19. The summed E-state index contributed by atoms with van der Waals surface area (Å²) in [5, 5.41) is 15.4. The van der Waals surface area contributed by atoms with Crippen molar-refractivity contribution >= 4 is 22.3 Å². The van der Waals surface area contributed by atoms with E-state index in [1.807, 2.05) is 0 Å². The maximum absolute atomic E-state index is 9.32. The second kappa shape index (κ2) is 9.96. The quantitative estimate of drug-likeness (QED) is 0.521. The average Bonchev–Trinajstić information content (AvgIpc) is 3.60. The Morgan fingerprint density at radius 3 is 2.77 bits per heavy atom. The van der Waals surface area contributed by atoms with E-state index in [4.69, 9.17) is 14.7 Å². The molecule has 3 aromatic rings. The van der Waals surface area contributed by atoms with Gasteiger partial charge >= 0.3 is 6.01 Å². The van der Waals surface area contributed by atoms with Crippen molar-refractivity contribution in [1.82, 2.24) is 20.2 Å². The van der Waals surface area contributed by atoms with Gasteiger partial charge in [0.05, 0.1) is 24.7 Å². The Morgan fingerprint density at radius 1 is 1.08 bits per heavy atom. The highest BCUT2D eigenvalue weighted by Crippen LogP contribution is 2.48. The molecule has 202 valence electrons. The van der Waals surface area contributed by atoms with Crippen molar-refractivity contribution in [3.63, 3.8) is 0 Å². The zero-order valence-corrected chi connectivity index (χ0v) is 22.8. The number of nitrogens with zero attached hydrogens (tertiary/aromatic N) is 6. The third-order valence-corrected chi connectivity index (χ3v) is 9.19. The molecule has 4 heterocycles. The van der Waals surface area contributed by atoms with Crippen molar-refractivity contribution < 1.29 is 4.74 Å². The first-order valence-electron chi connectivity index (χ1n) is 14.5. The van der Waals surface area contributed by atoms with E-state index in [2.05, 4.69) is 75.6 Å². The number of nitriles is 1. The molecule has 1 aromatic heterocycles. The molecule has 8 nitrogen and oxygen atoms in total. The average molecular weight is 524 g/mol. The minimum atomic E-state index is -0.159. The van der Waals surface area contributed by atoms with Gasteiger partial charge < -0.3 is 19.9 Å². The Hall–Kier alpha value is -3.41. The Bertz CT molecular complexity index is 1410. The zero-order valence-electron chi connectivity index (χ0n) is 22.8. The fourth-order valence-electron chi connectivity index (χ4n) is 7.03. The van der Waals surface area contributed by atoms with Crippen molar-refractivity contribution in [2.45, 2.75) is 62.8 Å². The molecule has 2 aromatic carbocycles. The van der Waals surface area contributed by atoms with Crippen LogP contribution in [-0.4, -0.2) is 72.3 Å². The van der Waals surface area contributed by atoms with Gasteiger partial charge in [0, 0.05) is 54.9 Å². The molecule has 0 amide bonds. The lowest BCUT2D eigenvalue weighted by Gasteiger charge is -2.38. The number of piperazine rings is 1. The summed E-state index contributed by atoms with van der Waals surface area (Å²) in [6.07, 6.45) is 5.92. The number of likely N-dealkylation sites (tertiary alicyclic amines) is 1. The van der Waals surface area contributed by atoms with Crippen molar-refractivity contribution in [3.8, 4) is 12.1 Å². The SMILES string of the molecule is CN1CCC[C@H]1C1(Oc2nc3c(c(N4CCN[C@@H](CC#N)C4)n2)CCN(c2cccc4ccccc24)C3)CC1. The van der Waals surface area contributed by atoms with Gasteiger partial charge in [-0.2, -0.15) is 15.2 Å². The molecule has 0 radical (unpaired) electrons. The van der Waals surface area contributed by atoms with E-state index < -0.39 is 0 Å². The van der Waals surface area contributed by atoms with Crippen LogP contribution in [0.25, 0.3) is 10.8 Å². The second-order valence-corrected chi connectivity index (χ2v) is 11.7. The van der Waals surface area contributed by atoms with Crippen LogP contribution < -0.4 is 19.9 Å². The molecule has 3 fully saturated rings. The van der Waals surface area contributed by atoms with E-state index in [1.54, 1.807) is 0 Å². The summed E-state index contributed by atoms with van der Waals surface area (Å²) in [6.45, 7) is 5.28. The van der Waals surface area contributed by atoms with Crippen LogP contribution >= 0.6 is 0 Å². The molecule has 39 heavy (non-hydrogen) atoms. The van der Waals surface area contributed by atoms with Crippen LogP contribution in [0.5, 0.6) is 6.01 Å². The lowest BCUT2D eigenvalue weighted by atomic mass is 10.0. The van der Waals surface area contributed by atoms with Crippen molar-refractivity contribution in [3.05, 3.63) is 53.7 Å². The maximum Gasteiger partial charge on any atom is 0.319 e. The summed E-state index contributed by atoms with van der Waals surface area (Å²) < 4.78 is 6.77. The highest BCUT2D eigenvalue weighted by molar-refractivity contribution is 5.94. The number of nitrogens with one attached hydrogen (secondary N) is 1. The van der Waals surface area contributed by atoms with E-state index in [9.17, 15) is 5.26 Å². The first-order chi connectivity index (χ1) is 19.1. The molecule has 0 unspecified atom stereocenters. The summed E-state index contributed by atoms with van der Waals surface area (Å²) in [5.41, 5.74) is 3.40. The van der Waals surface area contributed by atoms with Crippen LogP contribution in [0, 0.1) is 11.3 Å². The van der Waals surface area contributed by atoms with Gasteiger partial charge in [-0.05, 0) is 57.1 Å². The van der Waals surface area contributed by atoms with Gasteiger partial charge in [0.15, 0.2) is 0 Å². The Kier molecular flexibility index (Phi) is 6.29. The normalized spacial score (nSPS) is 24.4. The fraction of sp³-hybridized carbons (Fsp3) is 0.516. The van der Waals surface area contributed by atoms with Gasteiger partial charge in [0.25, 0.3) is 0 Å². The molecule has 2 atom stereocenters. The number of rotatable bonds is 6. The highest BCUT2D eigenvalue weighted by Gasteiger charge is 2.55. The van der Waals surface area contributed by atoms with Crippen molar-refractivity contribution in [1.29, 1.82) is 5.26 Å². The molecule has 7 rings (SSSR count). The van der Waals surface area contributed by atoms with Crippen LogP contribution in [0.3, 0.4) is 0 Å². The molecule has 1 saturated carbocycles. The first-order valence-corrected chi connectivity index (χ1v) is 14.5. The Morgan fingerprint density at radius 2 is 1.95 bits per heavy atom. The summed E-state index contributed by atoms with van der Waals surface area (Å²) in [4.78, 5) is 17.5. The number of anilines is 2. The molecule has 0 spiro atoms. The summed E-state index contributed by atoms with van der Waals surface area (Å²) in [6, 6.07) is 18.6. The van der Waals surface area contributed by atoms with Crippen molar-refractivity contribution in [2.24, 2.45) is 0 Å². The number of likely N-dealkylation sites (N-methyl/N-ethyl adjacent to an activating group) is 1. The van der Waals surface area contributed by atoms with Crippen LogP contribution in [0.15, 0.2) is 42.5 Å². The predicted octanol–water partition coefficient (Wildman–Crippen LogP) is 3.89. The summed E-state index contributed by atoms with van der Waals surface area (Å²) in [5.74, 6) is 1.01. The van der Waals surface area contributed by atoms with Gasteiger partial charge in [-0.3, -0.25) is 4.90 Å². The molecular weight excluding hydrogens is 486 g/mol. The number of benzene rings is 2. The topological polar surface area (TPSA) is 80.5 Å². The van der Waals surface area contributed by atoms with Gasteiger partial charge in [-0.15, -0.1) is 0 Å². The molecule has 4 aliphatic rings. The highest BCUT2D eigenvalue weighted by atomic mass is 16.5. The van der Waals surface area contributed by atoms with E-state index in [-0.39, 0.29) is 11.6 Å². The van der Waals surface area contributed by atoms with E-state index in [0.717, 1.165) is 70.0 Å². The maximum atomic E-state index is 9.32. The molecular formula is C31H37N7O. The Labute approximate surface area is 230 Å². The largest absolute Gasteiger partial charge is 0.455 e. The first kappa shape index (κ1) is 24.6. The van der Waals surface area contributed by atoms with Gasteiger partial charge in [-0.25, -0.2) is 0 Å². The monoisotopic (exact) mass is 523 g/mol. The predicted molar refractivity (Wildman–Crippen MR) is 153 cm³/mol. The minimum Gasteiger partial charge on any atom is -0.455 e. The minimum absolute atomic E-state index is 0.149. The summed E-state index contributed by atoms with van der Waals surface area (Å²) >= 11 is 0. The number of hydrogen-bond donors (Lipinski definition) is 1. The molecule has 8 heteroatoms. The summed E-state index contributed by atoms with van der Waals surface area (Å²) in [7, 11) is 2.22. The van der Waals surface area contributed by atoms with E-state index in [1.165, 1.54) is 34.9 Å². The number of fused-ring (bicyclic) bond motifs is 2. The molecule has 2 saturated heterocycles. The number of aromatic nitrogens is 2. The van der Waals surface area contributed by atoms with Gasteiger partial charge in [0.1, 0.15) is 11.4 Å². The lowest BCUT2D eigenvalue weighted by molar-refractivity contribution is 0.0759. The standard InChI is InChI=1S/C31H37N7O/c1-36-17-5-10-28(36)31(13-14-31)39-30-34-26-21-37(27-9-4-7-22-6-2-3-8-24(22)27)18-12-25(26)29(35-30)38-19-16-33-23(20-38)11-15-32/h2-4,6-9,23,28,33H,5,10-14,16-21H2,1H3/t23-,28-/m0/s1. The van der Waals surface area contributed by atoms with Crippen LogP contribution in [0.1, 0.15) is 43.4 Å². The van der Waals surface area contributed by atoms with E-state index in [0.29, 0.717) is 18.5 Å². The lowest BCUT2D eigenvalue weighted by Crippen LogP contribution is -2.51. The Balaban J connectivity index is 1.25. The van der Waals surface area contributed by atoms with Gasteiger partial charge in [0.2, 0.25) is 0 Å².